The molecule has 0 heterocycles. The summed E-state index contributed by atoms with van der Waals surface area (Å²) in [6.07, 6.45) is 1.12. The van der Waals surface area contributed by atoms with Gasteiger partial charge in [-0.05, 0) is 24.3 Å². The minimum absolute atomic E-state index is 0.558. The van der Waals surface area contributed by atoms with Crippen LogP contribution in [0.3, 0.4) is 0 Å². The summed E-state index contributed by atoms with van der Waals surface area (Å²) in [4.78, 5) is 19.1. The lowest BCUT2D eigenvalue weighted by Crippen LogP contribution is -1.91. The van der Waals surface area contributed by atoms with Crippen LogP contribution in [0.1, 0.15) is 0 Å². The van der Waals surface area contributed by atoms with E-state index in [4.69, 9.17) is 21.7 Å². The first kappa shape index (κ1) is 18.7. The van der Waals surface area contributed by atoms with Crippen molar-refractivity contribution in [3.8, 4) is 0 Å². The molecule has 2 aromatic carbocycles. The van der Waals surface area contributed by atoms with E-state index in [-0.39, 0.29) is 0 Å². The normalized spacial score (nSPS) is 8.91. The molecule has 0 aliphatic carbocycles. The number of rotatable bonds is 2. The summed E-state index contributed by atoms with van der Waals surface area (Å²) in [6.45, 7) is 0. The first-order chi connectivity index (χ1) is 10.4. The van der Waals surface area contributed by atoms with E-state index >= 15 is 0 Å². The zero-order chi connectivity index (χ0) is 16.8. The third-order valence-electron chi connectivity index (χ3n) is 1.97. The highest BCUT2D eigenvalue weighted by molar-refractivity contribution is 5.89. The Balaban J connectivity index is 0.000000301. The third-order valence-corrected chi connectivity index (χ3v) is 1.97. The number of anilines is 2. The van der Waals surface area contributed by atoms with Crippen LogP contribution in [0.15, 0.2) is 72.8 Å². The second-order valence-corrected chi connectivity index (χ2v) is 3.83. The maximum absolute atomic E-state index is 9.55. The number of para-hydroxylation sites is 2. The topological polar surface area (TPSA) is 127 Å². The predicted molar refractivity (Wildman–Crippen MR) is 86.1 cm³/mol. The van der Waals surface area contributed by atoms with Gasteiger partial charge in [-0.3, -0.25) is 0 Å². The highest BCUT2D eigenvalue weighted by Crippen LogP contribution is 1.96. The summed E-state index contributed by atoms with van der Waals surface area (Å²) in [5.74, 6) is -2.51. The Morgan fingerprint density at radius 1 is 0.682 bits per heavy atom. The van der Waals surface area contributed by atoms with Gasteiger partial charge in [-0.25, -0.2) is 9.59 Å². The number of carbonyl (C=O) groups is 2. The highest BCUT2D eigenvalue weighted by Gasteiger charge is 1.88. The molecule has 0 radical (unpaired) electrons. The molecule has 6 heteroatoms. The molecule has 0 saturated carbocycles. The zero-order valence-corrected chi connectivity index (χ0v) is 11.8. The van der Waals surface area contributed by atoms with E-state index in [0.717, 1.165) is 11.4 Å². The van der Waals surface area contributed by atoms with Gasteiger partial charge in [0.1, 0.15) is 0 Å². The van der Waals surface area contributed by atoms with E-state index in [2.05, 4.69) is 0 Å². The first-order valence-electron chi connectivity index (χ1n) is 6.16. The van der Waals surface area contributed by atoms with E-state index in [9.17, 15) is 9.59 Å². The molecule has 0 bridgehead atoms. The average Bonchev–Trinajstić information content (AvgIpc) is 2.48. The lowest BCUT2D eigenvalue weighted by Gasteiger charge is -1.83. The molecule has 0 atom stereocenters. The van der Waals surface area contributed by atoms with Crippen molar-refractivity contribution in [3.63, 3.8) is 0 Å². The summed E-state index contributed by atoms with van der Waals surface area (Å²) in [7, 11) is 0. The molecule has 6 nitrogen and oxygen atoms in total. The molecule has 0 aliphatic heterocycles. The predicted octanol–water partition coefficient (Wildman–Crippen LogP) is 2.25. The van der Waals surface area contributed by atoms with Crippen LogP contribution < -0.4 is 11.5 Å². The van der Waals surface area contributed by atoms with Crippen molar-refractivity contribution in [2.75, 3.05) is 11.5 Å². The Kier molecular flexibility index (Phi) is 9.82. The first-order valence-corrected chi connectivity index (χ1v) is 6.16. The molecule has 0 amide bonds. The van der Waals surface area contributed by atoms with E-state index < -0.39 is 11.9 Å². The minimum Gasteiger partial charge on any atom is -0.478 e. The average molecular weight is 302 g/mol. The summed E-state index contributed by atoms with van der Waals surface area (Å²) >= 11 is 0. The van der Waals surface area contributed by atoms with Crippen LogP contribution in [0, 0.1) is 0 Å². The Morgan fingerprint density at radius 2 is 0.955 bits per heavy atom. The Hall–Kier alpha value is -3.28. The molecule has 2 rings (SSSR count). The Bertz CT molecular complexity index is 530. The lowest BCUT2D eigenvalue weighted by molar-refractivity contribution is -0.134. The summed E-state index contributed by atoms with van der Waals surface area (Å²) < 4.78 is 0. The van der Waals surface area contributed by atoms with Crippen molar-refractivity contribution < 1.29 is 19.8 Å². The standard InChI is InChI=1S/2C6H7N.C4H4O4/c2*7-6-4-2-1-3-5-6;5-3(6)1-2-4(7)8/h2*1-5H,7H2;1-2H,(H,5,6)(H,7,8)/b;;2-1+. The Labute approximate surface area is 128 Å². The number of nitrogens with two attached hydrogens (primary N) is 2. The molecular formula is C16H18N2O4. The number of hydrogen-bond donors (Lipinski definition) is 4. The summed E-state index contributed by atoms with van der Waals surface area (Å²) in [5, 5.41) is 15.6. The molecule has 0 unspecified atom stereocenters. The molecule has 116 valence electrons. The van der Waals surface area contributed by atoms with Crippen molar-refractivity contribution in [3.05, 3.63) is 72.8 Å². The fraction of sp³-hybridized carbons (Fsp3) is 0. The fourth-order valence-corrected chi connectivity index (χ4v) is 1.05. The molecule has 6 N–H and O–H groups in total. The number of benzene rings is 2. The smallest absolute Gasteiger partial charge is 0.328 e. The lowest BCUT2D eigenvalue weighted by atomic mass is 10.3. The van der Waals surface area contributed by atoms with Crippen LogP contribution in [0.5, 0.6) is 0 Å². The molecular weight excluding hydrogens is 284 g/mol. The van der Waals surface area contributed by atoms with Gasteiger partial charge in [0.25, 0.3) is 0 Å². The molecule has 0 saturated heterocycles. The van der Waals surface area contributed by atoms with E-state index in [0.29, 0.717) is 12.2 Å². The van der Waals surface area contributed by atoms with E-state index in [1.54, 1.807) is 0 Å². The van der Waals surface area contributed by atoms with E-state index in [1.165, 1.54) is 0 Å². The van der Waals surface area contributed by atoms with Crippen molar-refractivity contribution in [2.45, 2.75) is 0 Å². The van der Waals surface area contributed by atoms with Gasteiger partial charge in [-0.2, -0.15) is 0 Å². The van der Waals surface area contributed by atoms with Crippen LogP contribution in [0.4, 0.5) is 11.4 Å². The van der Waals surface area contributed by atoms with Crippen LogP contribution in [0.25, 0.3) is 0 Å². The van der Waals surface area contributed by atoms with Gasteiger partial charge < -0.3 is 21.7 Å². The maximum Gasteiger partial charge on any atom is 0.328 e. The van der Waals surface area contributed by atoms with Gasteiger partial charge in [0.2, 0.25) is 0 Å². The number of carboxylic acid groups (broad SMARTS) is 2. The molecule has 0 aromatic heterocycles. The van der Waals surface area contributed by atoms with Crippen molar-refractivity contribution >= 4 is 23.3 Å². The van der Waals surface area contributed by atoms with E-state index in [1.807, 2.05) is 60.7 Å². The van der Waals surface area contributed by atoms with Crippen molar-refractivity contribution in [1.82, 2.24) is 0 Å². The van der Waals surface area contributed by atoms with Crippen LogP contribution in [-0.2, 0) is 9.59 Å². The molecule has 22 heavy (non-hydrogen) atoms. The number of hydrogen-bond acceptors (Lipinski definition) is 4. The number of carboxylic acids is 2. The monoisotopic (exact) mass is 302 g/mol. The summed E-state index contributed by atoms with van der Waals surface area (Å²) in [6, 6.07) is 19.0. The van der Waals surface area contributed by atoms with Gasteiger partial charge >= 0.3 is 11.9 Å². The largest absolute Gasteiger partial charge is 0.478 e. The maximum atomic E-state index is 9.55. The van der Waals surface area contributed by atoms with Gasteiger partial charge in [0.15, 0.2) is 0 Å². The van der Waals surface area contributed by atoms with Gasteiger partial charge in [0, 0.05) is 23.5 Å². The second kappa shape index (κ2) is 11.5. The molecule has 0 fully saturated rings. The van der Waals surface area contributed by atoms with Crippen molar-refractivity contribution in [2.24, 2.45) is 0 Å². The van der Waals surface area contributed by atoms with Gasteiger partial charge in [0.05, 0.1) is 0 Å². The summed E-state index contributed by atoms with van der Waals surface area (Å²) in [5.41, 5.74) is 12.4. The van der Waals surface area contributed by atoms with Crippen LogP contribution in [-0.4, -0.2) is 22.2 Å². The Morgan fingerprint density at radius 3 is 1.09 bits per heavy atom. The SMILES string of the molecule is Nc1ccccc1.Nc1ccccc1.O=C(O)/C=C/C(=O)O. The van der Waals surface area contributed by atoms with Gasteiger partial charge in [-0.15, -0.1) is 0 Å². The minimum atomic E-state index is -1.26. The van der Waals surface area contributed by atoms with Crippen molar-refractivity contribution in [1.29, 1.82) is 0 Å². The zero-order valence-electron chi connectivity index (χ0n) is 11.8. The molecule has 2 aromatic rings. The third kappa shape index (κ3) is 13.2. The fourth-order valence-electron chi connectivity index (χ4n) is 1.05. The quantitative estimate of drug-likeness (QED) is 0.498. The van der Waals surface area contributed by atoms with Gasteiger partial charge in [-0.1, -0.05) is 36.4 Å². The molecule has 0 spiro atoms. The number of nitrogen functional groups attached to an aromatic ring is 2. The second-order valence-electron chi connectivity index (χ2n) is 3.83. The molecule has 0 aliphatic rings. The number of aliphatic carboxylic acids is 2. The van der Waals surface area contributed by atoms with Crippen LogP contribution in [0.2, 0.25) is 0 Å². The highest BCUT2D eigenvalue weighted by atomic mass is 16.4. The van der Waals surface area contributed by atoms with Crippen LogP contribution >= 0.6 is 0 Å².